The number of anilines is 1. The molecule has 1 saturated heterocycles. The Labute approximate surface area is 146 Å². The van der Waals surface area contributed by atoms with Crippen molar-refractivity contribution in [3.05, 3.63) is 53.8 Å². The van der Waals surface area contributed by atoms with Gasteiger partial charge in [0, 0.05) is 36.4 Å². The molecule has 1 aliphatic heterocycles. The van der Waals surface area contributed by atoms with Gasteiger partial charge < -0.3 is 19.9 Å². The summed E-state index contributed by atoms with van der Waals surface area (Å²) in [6, 6.07) is 7.62. The highest BCUT2D eigenvalue weighted by molar-refractivity contribution is 6.30. The van der Waals surface area contributed by atoms with Crippen molar-refractivity contribution in [1.82, 2.24) is 10.3 Å². The zero-order valence-electron chi connectivity index (χ0n) is 13.3. The first kappa shape index (κ1) is 16.6. The summed E-state index contributed by atoms with van der Waals surface area (Å²) in [5, 5.41) is 3.52. The third-order valence-corrected chi connectivity index (χ3v) is 4.22. The number of aromatic amines is 1. The van der Waals surface area contributed by atoms with Crippen molar-refractivity contribution in [2.24, 2.45) is 0 Å². The number of benzene rings is 1. The van der Waals surface area contributed by atoms with Crippen molar-refractivity contribution in [2.45, 2.75) is 0 Å². The average molecular weight is 346 g/mol. The Morgan fingerprint density at radius 2 is 2.04 bits per heavy atom. The first-order valence-electron chi connectivity index (χ1n) is 7.90. The summed E-state index contributed by atoms with van der Waals surface area (Å²) in [6.45, 7) is 6.87. The number of nitrogens with zero attached hydrogens (tertiary/aromatic N) is 1. The van der Waals surface area contributed by atoms with Gasteiger partial charge in [-0.2, -0.15) is 0 Å². The predicted molar refractivity (Wildman–Crippen MR) is 96.8 cm³/mol. The maximum absolute atomic E-state index is 12.5. The minimum Gasteiger partial charge on any atom is -0.378 e. The van der Waals surface area contributed by atoms with Crippen LogP contribution in [0.4, 0.5) is 5.69 Å². The van der Waals surface area contributed by atoms with Gasteiger partial charge in [-0.1, -0.05) is 29.8 Å². The monoisotopic (exact) mass is 345 g/mol. The maximum atomic E-state index is 12.5. The second-order valence-electron chi connectivity index (χ2n) is 5.53. The van der Waals surface area contributed by atoms with Crippen LogP contribution in [0, 0.1) is 0 Å². The number of H-pyrrole nitrogens is 1. The molecule has 5 nitrogen and oxygen atoms in total. The van der Waals surface area contributed by atoms with Crippen LogP contribution in [0.15, 0.2) is 43.1 Å². The molecular weight excluding hydrogens is 326 g/mol. The van der Waals surface area contributed by atoms with E-state index in [1.807, 2.05) is 30.5 Å². The van der Waals surface area contributed by atoms with Crippen molar-refractivity contribution in [3.63, 3.8) is 0 Å². The molecule has 2 N–H and O–H groups in total. The standard InChI is InChI=1S/C18H20ClN3O2/c1-2-7-20-18(23)16-17(22-8-10-24-11-9-22)15(12-21-16)13-3-5-14(19)6-4-13/h2-6,12,21H,1,7-11H2,(H,20,23). The van der Waals surface area contributed by atoms with Crippen LogP contribution >= 0.6 is 11.6 Å². The number of amides is 1. The van der Waals surface area contributed by atoms with Crippen LogP contribution in [-0.4, -0.2) is 43.7 Å². The molecule has 0 radical (unpaired) electrons. The van der Waals surface area contributed by atoms with Crippen LogP contribution in [0.25, 0.3) is 11.1 Å². The van der Waals surface area contributed by atoms with Crippen molar-refractivity contribution in [2.75, 3.05) is 37.7 Å². The van der Waals surface area contributed by atoms with Gasteiger partial charge in [-0.05, 0) is 17.7 Å². The summed E-state index contributed by atoms with van der Waals surface area (Å²) in [5.74, 6) is -0.142. The van der Waals surface area contributed by atoms with Gasteiger partial charge in [-0.3, -0.25) is 4.79 Å². The quantitative estimate of drug-likeness (QED) is 0.819. The van der Waals surface area contributed by atoms with E-state index in [1.165, 1.54) is 0 Å². The minimum atomic E-state index is -0.142. The zero-order valence-corrected chi connectivity index (χ0v) is 14.1. The Bertz CT molecular complexity index is 718. The molecule has 6 heteroatoms. The molecule has 0 saturated carbocycles. The molecule has 126 valence electrons. The lowest BCUT2D eigenvalue weighted by Gasteiger charge is -2.30. The lowest BCUT2D eigenvalue weighted by Crippen LogP contribution is -2.38. The van der Waals surface area contributed by atoms with Gasteiger partial charge in [0.2, 0.25) is 0 Å². The number of nitrogens with one attached hydrogen (secondary N) is 2. The molecule has 1 aromatic carbocycles. The van der Waals surface area contributed by atoms with Crippen LogP contribution in [0.2, 0.25) is 5.02 Å². The van der Waals surface area contributed by atoms with Crippen LogP contribution in [0.3, 0.4) is 0 Å². The summed E-state index contributed by atoms with van der Waals surface area (Å²) >= 11 is 5.99. The van der Waals surface area contributed by atoms with Gasteiger partial charge in [-0.25, -0.2) is 0 Å². The third-order valence-electron chi connectivity index (χ3n) is 3.97. The molecule has 1 aromatic heterocycles. The molecule has 0 spiro atoms. The Morgan fingerprint density at radius 1 is 1.33 bits per heavy atom. The molecule has 1 amide bonds. The first-order chi connectivity index (χ1) is 11.7. The van der Waals surface area contributed by atoms with E-state index >= 15 is 0 Å². The van der Waals surface area contributed by atoms with E-state index in [9.17, 15) is 4.79 Å². The van der Waals surface area contributed by atoms with Crippen molar-refractivity contribution < 1.29 is 9.53 Å². The molecule has 0 atom stereocenters. The Kier molecular flexibility index (Phi) is 5.23. The van der Waals surface area contributed by atoms with Crippen LogP contribution in [-0.2, 0) is 4.74 Å². The number of carbonyl (C=O) groups is 1. The molecule has 3 rings (SSSR count). The van der Waals surface area contributed by atoms with Gasteiger partial charge in [0.25, 0.3) is 5.91 Å². The van der Waals surface area contributed by atoms with E-state index in [4.69, 9.17) is 16.3 Å². The molecule has 2 aromatic rings. The Hall–Kier alpha value is -2.24. The summed E-state index contributed by atoms with van der Waals surface area (Å²) < 4.78 is 5.44. The van der Waals surface area contributed by atoms with Gasteiger partial charge in [0.1, 0.15) is 5.69 Å². The number of ether oxygens (including phenoxy) is 1. The zero-order chi connectivity index (χ0) is 16.9. The van der Waals surface area contributed by atoms with Crippen LogP contribution in [0.1, 0.15) is 10.5 Å². The average Bonchev–Trinajstić information content (AvgIpc) is 3.06. The smallest absolute Gasteiger partial charge is 0.270 e. The van der Waals surface area contributed by atoms with Gasteiger partial charge in [0.15, 0.2) is 0 Å². The minimum absolute atomic E-state index is 0.142. The second kappa shape index (κ2) is 7.55. The normalized spacial score (nSPS) is 14.5. The van der Waals surface area contributed by atoms with E-state index < -0.39 is 0 Å². The van der Waals surface area contributed by atoms with E-state index in [-0.39, 0.29) is 5.91 Å². The Balaban J connectivity index is 2.01. The largest absolute Gasteiger partial charge is 0.378 e. The van der Waals surface area contributed by atoms with Gasteiger partial charge in [0.05, 0.1) is 18.9 Å². The maximum Gasteiger partial charge on any atom is 0.270 e. The SMILES string of the molecule is C=CCNC(=O)c1[nH]cc(-c2ccc(Cl)cc2)c1N1CCOCC1. The number of morpholine rings is 1. The first-order valence-corrected chi connectivity index (χ1v) is 8.27. The van der Waals surface area contributed by atoms with E-state index in [0.29, 0.717) is 30.5 Å². The van der Waals surface area contributed by atoms with Gasteiger partial charge in [-0.15, -0.1) is 6.58 Å². The van der Waals surface area contributed by atoms with Crippen LogP contribution < -0.4 is 10.2 Å². The number of rotatable bonds is 5. The fourth-order valence-corrected chi connectivity index (χ4v) is 2.93. The molecule has 0 aliphatic carbocycles. The van der Waals surface area contributed by atoms with E-state index in [2.05, 4.69) is 21.8 Å². The van der Waals surface area contributed by atoms with E-state index in [0.717, 1.165) is 29.9 Å². The molecule has 0 bridgehead atoms. The van der Waals surface area contributed by atoms with Crippen molar-refractivity contribution in [1.29, 1.82) is 0 Å². The van der Waals surface area contributed by atoms with Crippen molar-refractivity contribution in [3.8, 4) is 11.1 Å². The summed E-state index contributed by atoms with van der Waals surface area (Å²) in [4.78, 5) is 17.8. The highest BCUT2D eigenvalue weighted by atomic mass is 35.5. The molecule has 2 heterocycles. The lowest BCUT2D eigenvalue weighted by atomic mass is 10.1. The van der Waals surface area contributed by atoms with Crippen molar-refractivity contribution >= 4 is 23.2 Å². The number of carbonyl (C=O) groups excluding carboxylic acids is 1. The van der Waals surface area contributed by atoms with Gasteiger partial charge >= 0.3 is 0 Å². The fraction of sp³-hybridized carbons (Fsp3) is 0.278. The highest BCUT2D eigenvalue weighted by Gasteiger charge is 2.24. The summed E-state index contributed by atoms with van der Waals surface area (Å²) in [7, 11) is 0. The predicted octanol–water partition coefficient (Wildman–Crippen LogP) is 3.09. The topological polar surface area (TPSA) is 57.4 Å². The Morgan fingerprint density at radius 3 is 2.71 bits per heavy atom. The summed E-state index contributed by atoms with van der Waals surface area (Å²) in [6.07, 6.45) is 3.53. The highest BCUT2D eigenvalue weighted by Crippen LogP contribution is 2.35. The summed E-state index contributed by atoms with van der Waals surface area (Å²) in [5.41, 5.74) is 3.46. The number of halogens is 1. The number of hydrogen-bond donors (Lipinski definition) is 2. The van der Waals surface area contributed by atoms with Crippen LogP contribution in [0.5, 0.6) is 0 Å². The number of hydrogen-bond acceptors (Lipinski definition) is 3. The van der Waals surface area contributed by atoms with E-state index in [1.54, 1.807) is 6.08 Å². The second-order valence-corrected chi connectivity index (χ2v) is 5.97. The number of aromatic nitrogens is 1. The molecule has 1 aliphatic rings. The third kappa shape index (κ3) is 3.47. The lowest BCUT2D eigenvalue weighted by molar-refractivity contribution is 0.0952. The molecule has 0 unspecified atom stereocenters. The molecular formula is C18H20ClN3O2. The molecule has 24 heavy (non-hydrogen) atoms. The molecule has 1 fully saturated rings. The fourth-order valence-electron chi connectivity index (χ4n) is 2.81.